The Labute approximate surface area is 236 Å². The van der Waals surface area contributed by atoms with Gasteiger partial charge in [0.05, 0.1) is 36.4 Å². The van der Waals surface area contributed by atoms with Gasteiger partial charge in [-0.05, 0) is 56.6 Å². The molecule has 3 aromatic heterocycles. The second-order valence-corrected chi connectivity index (χ2v) is 10.8. The zero-order valence-electron chi connectivity index (χ0n) is 22.0. The number of benzene rings is 1. The molecule has 2 fully saturated rings. The topological polar surface area (TPSA) is 115 Å². The number of aromatic nitrogens is 4. The van der Waals surface area contributed by atoms with E-state index < -0.39 is 0 Å². The lowest BCUT2D eigenvalue weighted by Crippen LogP contribution is -2.35. The molecule has 208 valence electrons. The summed E-state index contributed by atoms with van der Waals surface area (Å²) in [6.07, 6.45) is 4.91. The molecule has 2 saturated heterocycles. The fourth-order valence-electron chi connectivity index (χ4n) is 5.29. The van der Waals surface area contributed by atoms with E-state index in [1.165, 1.54) is 6.07 Å². The molecule has 0 amide bonds. The summed E-state index contributed by atoms with van der Waals surface area (Å²) in [7, 11) is 0. The quantitative estimate of drug-likeness (QED) is 0.225. The summed E-state index contributed by atoms with van der Waals surface area (Å²) in [5.74, 6) is 1.31. The number of hydrogen-bond acceptors (Lipinski definition) is 7. The van der Waals surface area contributed by atoms with Crippen molar-refractivity contribution in [2.75, 3.05) is 19.7 Å². The molecule has 1 atom stereocenters. The molecule has 5 heterocycles. The van der Waals surface area contributed by atoms with Crippen molar-refractivity contribution >= 4 is 28.5 Å². The first-order valence-electron chi connectivity index (χ1n) is 13.5. The van der Waals surface area contributed by atoms with Gasteiger partial charge < -0.3 is 19.8 Å². The van der Waals surface area contributed by atoms with E-state index in [0.717, 1.165) is 68.1 Å². The highest BCUT2D eigenvalue weighted by Gasteiger charge is 2.26. The van der Waals surface area contributed by atoms with Gasteiger partial charge in [-0.1, -0.05) is 23.7 Å². The molecule has 6 rings (SSSR count). The number of fused-ring (bicyclic) bond motifs is 1. The van der Waals surface area contributed by atoms with E-state index in [9.17, 15) is 4.39 Å². The van der Waals surface area contributed by atoms with Crippen LogP contribution in [0.1, 0.15) is 48.0 Å². The Morgan fingerprint density at radius 2 is 1.98 bits per heavy atom. The van der Waals surface area contributed by atoms with Crippen molar-refractivity contribution in [3.05, 3.63) is 82.3 Å². The Morgan fingerprint density at radius 3 is 2.70 bits per heavy atom. The van der Waals surface area contributed by atoms with E-state index in [4.69, 9.17) is 42.2 Å². The lowest BCUT2D eigenvalue weighted by molar-refractivity contribution is -0.0592. The first-order valence-corrected chi connectivity index (χ1v) is 13.9. The standard InChI is InChI=1S/C29H31ClFN7O2/c30-20-5-4-19(22(31)12-20)17-40-28-3-1-2-23(36-28)18-6-9-37(10-7-18)16-27-35-24-13-25(29(32)33)34-14-26(24)38(27)15-21-8-11-39-21/h1-5,12-14,18,21H,6-11,15-17H2,(H3,32,33). The van der Waals surface area contributed by atoms with E-state index in [1.54, 1.807) is 30.5 Å². The van der Waals surface area contributed by atoms with Gasteiger partial charge in [0.1, 0.15) is 29.8 Å². The monoisotopic (exact) mass is 563 g/mol. The number of piperidine rings is 1. The van der Waals surface area contributed by atoms with E-state index in [0.29, 0.717) is 34.6 Å². The van der Waals surface area contributed by atoms with Gasteiger partial charge in [-0.3, -0.25) is 15.3 Å². The average Bonchev–Trinajstić information content (AvgIpc) is 3.26. The van der Waals surface area contributed by atoms with Crippen molar-refractivity contribution in [3.8, 4) is 5.88 Å². The molecule has 1 aromatic carbocycles. The summed E-state index contributed by atoms with van der Waals surface area (Å²) in [4.78, 5) is 16.4. The van der Waals surface area contributed by atoms with Crippen molar-refractivity contribution < 1.29 is 13.9 Å². The number of pyridine rings is 2. The maximum atomic E-state index is 14.1. The molecule has 40 heavy (non-hydrogen) atoms. The van der Waals surface area contributed by atoms with Crippen LogP contribution in [0.15, 0.2) is 48.7 Å². The second kappa shape index (κ2) is 11.5. The first kappa shape index (κ1) is 26.6. The van der Waals surface area contributed by atoms with Crippen LogP contribution in [-0.2, 0) is 24.4 Å². The highest BCUT2D eigenvalue weighted by atomic mass is 35.5. The van der Waals surface area contributed by atoms with Gasteiger partial charge >= 0.3 is 0 Å². The molecule has 4 aromatic rings. The van der Waals surface area contributed by atoms with Crippen LogP contribution in [0.4, 0.5) is 4.39 Å². The van der Waals surface area contributed by atoms with Gasteiger partial charge in [0, 0.05) is 34.9 Å². The van der Waals surface area contributed by atoms with Crippen LogP contribution >= 0.6 is 11.6 Å². The van der Waals surface area contributed by atoms with Gasteiger partial charge in [-0.15, -0.1) is 0 Å². The van der Waals surface area contributed by atoms with Gasteiger partial charge in [0.15, 0.2) is 0 Å². The number of ether oxygens (including phenoxy) is 2. The summed E-state index contributed by atoms with van der Waals surface area (Å²) in [6.45, 7) is 4.16. The third-order valence-corrected chi connectivity index (χ3v) is 7.91. The van der Waals surface area contributed by atoms with Crippen molar-refractivity contribution in [1.82, 2.24) is 24.4 Å². The van der Waals surface area contributed by atoms with Crippen LogP contribution in [0.25, 0.3) is 11.0 Å². The lowest BCUT2D eigenvalue weighted by Gasteiger charge is -2.32. The number of imidazole rings is 1. The Hall–Kier alpha value is -3.60. The molecule has 9 nitrogen and oxygen atoms in total. The molecule has 11 heteroatoms. The molecular weight excluding hydrogens is 533 g/mol. The van der Waals surface area contributed by atoms with Crippen molar-refractivity contribution in [3.63, 3.8) is 0 Å². The summed E-state index contributed by atoms with van der Waals surface area (Å²) in [5, 5.41) is 8.09. The summed E-state index contributed by atoms with van der Waals surface area (Å²) >= 11 is 5.85. The molecule has 1 unspecified atom stereocenters. The minimum absolute atomic E-state index is 0.0670. The average molecular weight is 564 g/mol. The third-order valence-electron chi connectivity index (χ3n) is 7.68. The molecule has 0 radical (unpaired) electrons. The summed E-state index contributed by atoms with van der Waals surface area (Å²) in [6, 6.07) is 12.1. The number of nitrogens with one attached hydrogen (secondary N) is 1. The Morgan fingerprint density at radius 1 is 1.15 bits per heavy atom. The highest BCUT2D eigenvalue weighted by molar-refractivity contribution is 6.30. The number of hydrogen-bond donors (Lipinski definition) is 2. The van der Waals surface area contributed by atoms with E-state index in [2.05, 4.69) is 14.5 Å². The first-order chi connectivity index (χ1) is 19.4. The molecule has 3 N–H and O–H groups in total. The number of likely N-dealkylation sites (tertiary alicyclic amines) is 1. The maximum Gasteiger partial charge on any atom is 0.213 e. The largest absolute Gasteiger partial charge is 0.473 e. The van der Waals surface area contributed by atoms with Crippen molar-refractivity contribution in [1.29, 1.82) is 5.41 Å². The van der Waals surface area contributed by atoms with Crippen LogP contribution in [0.2, 0.25) is 5.02 Å². The van der Waals surface area contributed by atoms with Crippen molar-refractivity contribution in [2.24, 2.45) is 5.73 Å². The molecule has 2 aliphatic rings. The molecular formula is C29H31ClFN7O2. The predicted octanol–water partition coefficient (Wildman–Crippen LogP) is 4.65. The molecule has 0 bridgehead atoms. The van der Waals surface area contributed by atoms with E-state index in [-0.39, 0.29) is 24.4 Å². The zero-order chi connectivity index (χ0) is 27.6. The van der Waals surface area contributed by atoms with Crippen LogP contribution in [-0.4, -0.2) is 56.1 Å². The fourth-order valence-corrected chi connectivity index (χ4v) is 5.45. The molecule has 0 spiro atoms. The minimum atomic E-state index is -0.389. The van der Waals surface area contributed by atoms with Crippen LogP contribution in [0, 0.1) is 11.2 Å². The van der Waals surface area contributed by atoms with E-state index >= 15 is 0 Å². The van der Waals surface area contributed by atoms with E-state index in [1.807, 2.05) is 12.1 Å². The molecule has 2 aliphatic heterocycles. The minimum Gasteiger partial charge on any atom is -0.473 e. The highest BCUT2D eigenvalue weighted by Crippen LogP contribution is 2.30. The summed E-state index contributed by atoms with van der Waals surface area (Å²) < 4.78 is 27.8. The fraction of sp³-hybridized carbons (Fsp3) is 0.379. The number of amidine groups is 1. The zero-order valence-corrected chi connectivity index (χ0v) is 22.8. The van der Waals surface area contributed by atoms with Gasteiger partial charge in [-0.2, -0.15) is 0 Å². The number of nitrogen functional groups attached to an aromatic ring is 1. The van der Waals surface area contributed by atoms with Gasteiger partial charge in [-0.25, -0.2) is 14.4 Å². The summed E-state index contributed by atoms with van der Waals surface area (Å²) in [5.41, 5.74) is 9.25. The Kier molecular flexibility index (Phi) is 7.64. The normalized spacial score (nSPS) is 18.1. The Balaban J connectivity index is 1.11. The maximum absolute atomic E-state index is 14.1. The number of nitrogens with two attached hydrogens (primary N) is 1. The van der Waals surface area contributed by atoms with Crippen LogP contribution < -0.4 is 10.5 Å². The van der Waals surface area contributed by atoms with Crippen LogP contribution in [0.3, 0.4) is 0 Å². The molecule has 0 aliphatic carbocycles. The SMILES string of the molecule is N=C(N)c1cc2nc(CN3CCC(c4cccc(OCc5ccc(Cl)cc5F)n4)CC3)n(CC3CCO3)c2cn1. The Bertz CT molecular complexity index is 1530. The number of nitrogens with zero attached hydrogens (tertiary/aromatic N) is 5. The van der Waals surface area contributed by atoms with Gasteiger partial charge in [0.25, 0.3) is 0 Å². The van der Waals surface area contributed by atoms with Crippen LogP contribution in [0.5, 0.6) is 5.88 Å². The lowest BCUT2D eigenvalue weighted by atomic mass is 9.93. The number of rotatable bonds is 9. The number of halogens is 2. The van der Waals surface area contributed by atoms with Gasteiger partial charge in [0.2, 0.25) is 5.88 Å². The van der Waals surface area contributed by atoms with Crippen molar-refractivity contribution in [2.45, 2.75) is 51.0 Å². The smallest absolute Gasteiger partial charge is 0.213 e. The molecule has 0 saturated carbocycles. The third kappa shape index (κ3) is 5.79. The second-order valence-electron chi connectivity index (χ2n) is 10.4. The predicted molar refractivity (Wildman–Crippen MR) is 150 cm³/mol.